The lowest BCUT2D eigenvalue weighted by molar-refractivity contribution is 0.0871. The maximum absolute atomic E-state index is 13.3. The zero-order valence-electron chi connectivity index (χ0n) is 14.9. The lowest BCUT2D eigenvalue weighted by Crippen LogP contribution is -2.33. The molecule has 0 saturated carbocycles. The van der Waals surface area contributed by atoms with Gasteiger partial charge in [-0.05, 0) is 18.9 Å². The molecule has 3 aromatic rings. The van der Waals surface area contributed by atoms with Crippen molar-refractivity contribution in [2.75, 3.05) is 0 Å². The molecule has 2 heteroatoms. The van der Waals surface area contributed by atoms with E-state index in [9.17, 15) is 9.59 Å². The van der Waals surface area contributed by atoms with E-state index in [4.69, 9.17) is 0 Å². The number of hydrogen-bond donors (Lipinski definition) is 0. The summed E-state index contributed by atoms with van der Waals surface area (Å²) >= 11 is 0. The molecule has 0 heterocycles. The van der Waals surface area contributed by atoms with Gasteiger partial charge in [0.1, 0.15) is 0 Å². The standard InChI is InChI=1S/C24H22O2/c1-24(21-15-9-4-10-16-21,23(26)20-13-7-3-8-14-20)18-17-22(25)19-11-5-2-6-12-19/h2-16H,17-18H2,1H3. The SMILES string of the molecule is CC(CCC(=O)c1ccccc1)(C(=O)c1ccccc1)c1ccccc1. The highest BCUT2D eigenvalue weighted by molar-refractivity contribution is 6.04. The quantitative estimate of drug-likeness (QED) is 0.532. The van der Waals surface area contributed by atoms with Crippen LogP contribution in [0.15, 0.2) is 91.0 Å². The van der Waals surface area contributed by atoms with Crippen LogP contribution < -0.4 is 0 Å². The van der Waals surface area contributed by atoms with Crippen molar-refractivity contribution in [2.45, 2.75) is 25.2 Å². The van der Waals surface area contributed by atoms with Gasteiger partial charge >= 0.3 is 0 Å². The van der Waals surface area contributed by atoms with Crippen molar-refractivity contribution in [1.29, 1.82) is 0 Å². The number of benzene rings is 3. The predicted molar refractivity (Wildman–Crippen MR) is 105 cm³/mol. The Balaban J connectivity index is 1.89. The number of carbonyl (C=O) groups is 2. The second-order valence-electron chi connectivity index (χ2n) is 6.68. The van der Waals surface area contributed by atoms with Crippen LogP contribution in [0.25, 0.3) is 0 Å². The fraction of sp³-hybridized carbons (Fsp3) is 0.167. The van der Waals surface area contributed by atoms with Crippen molar-refractivity contribution in [1.82, 2.24) is 0 Å². The molecule has 0 aliphatic rings. The van der Waals surface area contributed by atoms with E-state index in [2.05, 4.69) is 0 Å². The number of rotatable bonds is 7. The summed E-state index contributed by atoms with van der Waals surface area (Å²) in [5.41, 5.74) is 1.56. The molecule has 0 aliphatic heterocycles. The molecule has 0 amide bonds. The number of hydrogen-bond acceptors (Lipinski definition) is 2. The lowest BCUT2D eigenvalue weighted by atomic mass is 9.72. The molecule has 1 unspecified atom stereocenters. The topological polar surface area (TPSA) is 34.1 Å². The molecule has 1 atom stereocenters. The molecular weight excluding hydrogens is 320 g/mol. The fourth-order valence-electron chi connectivity index (χ4n) is 3.23. The van der Waals surface area contributed by atoms with E-state index in [-0.39, 0.29) is 11.6 Å². The Morgan fingerprint density at radius 3 is 1.69 bits per heavy atom. The first-order chi connectivity index (χ1) is 12.6. The first-order valence-electron chi connectivity index (χ1n) is 8.85. The number of Topliss-reactive ketones (excluding diaryl/α,β-unsaturated/α-hetero) is 2. The van der Waals surface area contributed by atoms with Gasteiger partial charge in [0.25, 0.3) is 0 Å². The van der Waals surface area contributed by atoms with Crippen LogP contribution >= 0.6 is 0 Å². The molecule has 130 valence electrons. The second-order valence-corrected chi connectivity index (χ2v) is 6.68. The Morgan fingerprint density at radius 2 is 1.15 bits per heavy atom. The average Bonchev–Trinajstić information content (AvgIpc) is 2.73. The van der Waals surface area contributed by atoms with E-state index in [1.54, 1.807) is 0 Å². The highest BCUT2D eigenvalue weighted by Crippen LogP contribution is 2.33. The molecule has 2 nitrogen and oxygen atoms in total. The summed E-state index contributed by atoms with van der Waals surface area (Å²) in [5, 5.41) is 0. The third-order valence-electron chi connectivity index (χ3n) is 4.90. The molecule has 0 fully saturated rings. The highest BCUT2D eigenvalue weighted by atomic mass is 16.1. The minimum absolute atomic E-state index is 0.0464. The summed E-state index contributed by atoms with van der Waals surface area (Å²) in [6, 6.07) is 28.3. The van der Waals surface area contributed by atoms with Gasteiger partial charge in [0, 0.05) is 17.5 Å². The van der Waals surface area contributed by atoms with Gasteiger partial charge < -0.3 is 0 Å². The molecule has 0 spiro atoms. The monoisotopic (exact) mass is 342 g/mol. The zero-order chi connectivity index (χ0) is 18.4. The van der Waals surface area contributed by atoms with Crippen LogP contribution in [0.1, 0.15) is 46.0 Å². The molecule has 0 saturated heterocycles. The number of ketones is 2. The third kappa shape index (κ3) is 3.80. The lowest BCUT2D eigenvalue weighted by Gasteiger charge is -2.29. The summed E-state index contributed by atoms with van der Waals surface area (Å²) in [6.45, 7) is 1.94. The third-order valence-corrected chi connectivity index (χ3v) is 4.90. The van der Waals surface area contributed by atoms with Gasteiger partial charge in [-0.25, -0.2) is 0 Å². The van der Waals surface area contributed by atoms with E-state index in [0.717, 1.165) is 5.56 Å². The van der Waals surface area contributed by atoms with Crippen LogP contribution in [0.5, 0.6) is 0 Å². The van der Waals surface area contributed by atoms with Crippen LogP contribution in [0.3, 0.4) is 0 Å². The van der Waals surface area contributed by atoms with Crippen molar-refractivity contribution in [2.24, 2.45) is 0 Å². The highest BCUT2D eigenvalue weighted by Gasteiger charge is 2.35. The minimum Gasteiger partial charge on any atom is -0.294 e. The summed E-state index contributed by atoms with van der Waals surface area (Å²) in [7, 11) is 0. The molecule has 0 N–H and O–H groups in total. The van der Waals surface area contributed by atoms with Crippen molar-refractivity contribution >= 4 is 11.6 Å². The van der Waals surface area contributed by atoms with Crippen molar-refractivity contribution in [3.63, 3.8) is 0 Å². The molecule has 0 aliphatic carbocycles. The van der Waals surface area contributed by atoms with Gasteiger partial charge in [0.15, 0.2) is 11.6 Å². The van der Waals surface area contributed by atoms with Crippen molar-refractivity contribution in [3.05, 3.63) is 108 Å². The molecule has 0 radical (unpaired) electrons. The summed E-state index contributed by atoms with van der Waals surface area (Å²) in [5.74, 6) is 0.110. The van der Waals surface area contributed by atoms with Crippen LogP contribution in [-0.2, 0) is 5.41 Å². The van der Waals surface area contributed by atoms with E-state index >= 15 is 0 Å². The minimum atomic E-state index is -0.743. The Kier molecular flexibility index (Phi) is 5.43. The Bertz CT molecular complexity index is 870. The van der Waals surface area contributed by atoms with Crippen LogP contribution in [0.4, 0.5) is 0 Å². The van der Waals surface area contributed by atoms with E-state index in [1.807, 2.05) is 97.9 Å². The van der Waals surface area contributed by atoms with Gasteiger partial charge in [0.2, 0.25) is 0 Å². The van der Waals surface area contributed by atoms with Crippen LogP contribution in [-0.4, -0.2) is 11.6 Å². The van der Waals surface area contributed by atoms with E-state index in [0.29, 0.717) is 24.0 Å². The van der Waals surface area contributed by atoms with Crippen LogP contribution in [0, 0.1) is 0 Å². The van der Waals surface area contributed by atoms with Gasteiger partial charge in [-0.15, -0.1) is 0 Å². The normalized spacial score (nSPS) is 13.0. The van der Waals surface area contributed by atoms with Crippen molar-refractivity contribution in [3.8, 4) is 0 Å². The molecule has 0 bridgehead atoms. The first-order valence-corrected chi connectivity index (χ1v) is 8.85. The first kappa shape index (κ1) is 17.8. The van der Waals surface area contributed by atoms with E-state index in [1.165, 1.54) is 0 Å². The largest absolute Gasteiger partial charge is 0.294 e. The second kappa shape index (κ2) is 7.92. The zero-order valence-corrected chi connectivity index (χ0v) is 14.9. The number of carbonyl (C=O) groups excluding carboxylic acids is 2. The van der Waals surface area contributed by atoms with Crippen molar-refractivity contribution < 1.29 is 9.59 Å². The summed E-state index contributed by atoms with van der Waals surface area (Å²) < 4.78 is 0. The molecule has 3 aromatic carbocycles. The Labute approximate surface area is 154 Å². The maximum Gasteiger partial charge on any atom is 0.173 e. The molecule has 3 rings (SSSR count). The van der Waals surface area contributed by atoms with Gasteiger partial charge in [-0.3, -0.25) is 9.59 Å². The predicted octanol–water partition coefficient (Wildman–Crippen LogP) is 5.49. The van der Waals surface area contributed by atoms with E-state index < -0.39 is 5.41 Å². The Morgan fingerprint density at radius 1 is 0.692 bits per heavy atom. The molecule has 0 aromatic heterocycles. The fourth-order valence-corrected chi connectivity index (χ4v) is 3.23. The van der Waals surface area contributed by atoms with Gasteiger partial charge in [-0.2, -0.15) is 0 Å². The summed E-state index contributed by atoms with van der Waals surface area (Å²) in [6.07, 6.45) is 0.798. The van der Waals surface area contributed by atoms with Gasteiger partial charge in [-0.1, -0.05) is 91.0 Å². The Hall–Kier alpha value is -3.00. The molecule has 26 heavy (non-hydrogen) atoms. The molecular formula is C24H22O2. The maximum atomic E-state index is 13.3. The smallest absolute Gasteiger partial charge is 0.173 e. The van der Waals surface area contributed by atoms with Gasteiger partial charge in [0.05, 0.1) is 5.41 Å². The van der Waals surface area contributed by atoms with Crippen LogP contribution in [0.2, 0.25) is 0 Å². The summed E-state index contributed by atoms with van der Waals surface area (Å²) in [4.78, 5) is 25.9. The average molecular weight is 342 g/mol.